The second-order valence-electron chi connectivity index (χ2n) is 6.05. The van der Waals surface area contributed by atoms with Gasteiger partial charge < -0.3 is 0 Å². The zero-order chi connectivity index (χ0) is 15.8. The van der Waals surface area contributed by atoms with Crippen molar-refractivity contribution in [3.8, 4) is 11.1 Å². The zero-order valence-electron chi connectivity index (χ0n) is 13.0. The molecule has 4 rings (SSSR count). The van der Waals surface area contributed by atoms with Crippen LogP contribution in [0.1, 0.15) is 11.1 Å². The first-order valence-corrected chi connectivity index (χ1v) is 7.89. The summed E-state index contributed by atoms with van der Waals surface area (Å²) < 4.78 is 0. The molecule has 0 aromatic heterocycles. The maximum Gasteiger partial charge on any atom is -0.00130 e. The summed E-state index contributed by atoms with van der Waals surface area (Å²) in [6.07, 6.45) is 0.954. The van der Waals surface area contributed by atoms with Gasteiger partial charge in [0.1, 0.15) is 0 Å². The Morgan fingerprint density at radius 1 is 0.609 bits per heavy atom. The Morgan fingerprint density at radius 3 is 2.22 bits per heavy atom. The van der Waals surface area contributed by atoms with E-state index in [9.17, 15) is 0 Å². The molecule has 1 aliphatic rings. The predicted molar refractivity (Wildman–Crippen MR) is 100 cm³/mol. The van der Waals surface area contributed by atoms with Crippen LogP contribution in [0.15, 0.2) is 72.8 Å². The van der Waals surface area contributed by atoms with Crippen LogP contribution in [0.4, 0.5) is 0 Å². The van der Waals surface area contributed by atoms with Crippen LogP contribution < -0.4 is 10.4 Å². The summed E-state index contributed by atoms with van der Waals surface area (Å²) in [5, 5.41) is 4.67. The molecule has 0 unspecified atom stereocenters. The molecule has 0 N–H and O–H groups in total. The summed E-state index contributed by atoms with van der Waals surface area (Å²) in [7, 11) is 0. The molecule has 0 radical (unpaired) electrons. The van der Waals surface area contributed by atoms with E-state index < -0.39 is 0 Å². The highest BCUT2D eigenvalue weighted by atomic mass is 14.2. The van der Waals surface area contributed by atoms with Gasteiger partial charge in [0.15, 0.2) is 0 Å². The fraction of sp³-hybridized carbons (Fsp3) is 0.0435. The van der Waals surface area contributed by atoms with E-state index >= 15 is 0 Å². The molecular formula is C23H18. The average Bonchev–Trinajstić information content (AvgIpc) is 2.95. The molecule has 0 aliphatic heterocycles. The topological polar surface area (TPSA) is 0 Å². The van der Waals surface area contributed by atoms with Crippen LogP contribution >= 0.6 is 0 Å². The summed E-state index contributed by atoms with van der Waals surface area (Å²) >= 11 is 0. The van der Waals surface area contributed by atoms with E-state index in [1.807, 2.05) is 18.2 Å². The summed E-state index contributed by atoms with van der Waals surface area (Å²) in [4.78, 5) is 0. The van der Waals surface area contributed by atoms with Gasteiger partial charge in [0.05, 0.1) is 0 Å². The quantitative estimate of drug-likeness (QED) is 0.452. The molecular weight excluding hydrogens is 276 g/mol. The molecule has 0 spiro atoms. The van der Waals surface area contributed by atoms with Crippen molar-refractivity contribution in [3.63, 3.8) is 0 Å². The average molecular weight is 294 g/mol. The maximum absolute atomic E-state index is 4.32. The van der Waals surface area contributed by atoms with Crippen molar-refractivity contribution in [1.82, 2.24) is 0 Å². The molecule has 3 aromatic carbocycles. The van der Waals surface area contributed by atoms with Gasteiger partial charge in [-0.05, 0) is 49.9 Å². The van der Waals surface area contributed by atoms with E-state index in [1.54, 1.807) is 0 Å². The van der Waals surface area contributed by atoms with Crippen molar-refractivity contribution >= 4 is 23.9 Å². The summed E-state index contributed by atoms with van der Waals surface area (Å²) in [5.74, 6) is 0. The molecule has 0 fully saturated rings. The SMILES string of the molecule is C=c1ccccc(=C)c2c(cc1)Cc1ccc3ccccc3c1-2. The fourth-order valence-corrected chi connectivity index (χ4v) is 3.42. The molecule has 0 nitrogen and oxygen atoms in total. The molecule has 0 bridgehead atoms. The Labute approximate surface area is 136 Å². The highest BCUT2D eigenvalue weighted by molar-refractivity contribution is 6.01. The Kier molecular flexibility index (Phi) is 3.24. The van der Waals surface area contributed by atoms with Crippen molar-refractivity contribution in [2.75, 3.05) is 0 Å². The number of rotatable bonds is 0. The second kappa shape index (κ2) is 5.40. The van der Waals surface area contributed by atoms with Gasteiger partial charge in [-0.1, -0.05) is 86.0 Å². The van der Waals surface area contributed by atoms with Gasteiger partial charge in [-0.2, -0.15) is 0 Å². The molecule has 0 saturated carbocycles. The predicted octanol–water partition coefficient (Wildman–Crippen LogP) is 4.36. The summed E-state index contributed by atoms with van der Waals surface area (Å²) in [5.41, 5.74) is 5.31. The van der Waals surface area contributed by atoms with Crippen LogP contribution in [-0.4, -0.2) is 0 Å². The minimum atomic E-state index is 0.954. The van der Waals surface area contributed by atoms with Crippen molar-refractivity contribution in [2.45, 2.75) is 6.42 Å². The van der Waals surface area contributed by atoms with Crippen molar-refractivity contribution in [3.05, 3.63) is 94.4 Å². The lowest BCUT2D eigenvalue weighted by Crippen LogP contribution is -2.01. The van der Waals surface area contributed by atoms with E-state index in [2.05, 4.69) is 67.8 Å². The van der Waals surface area contributed by atoms with E-state index in [0.29, 0.717) is 0 Å². The summed E-state index contributed by atoms with van der Waals surface area (Å²) in [6, 6.07) is 25.5. The molecule has 0 amide bonds. The van der Waals surface area contributed by atoms with Gasteiger partial charge in [-0.3, -0.25) is 0 Å². The Morgan fingerprint density at radius 2 is 1.30 bits per heavy atom. The lowest BCUT2D eigenvalue weighted by Gasteiger charge is -2.06. The molecule has 3 aromatic rings. The van der Waals surface area contributed by atoms with Gasteiger partial charge in [0.25, 0.3) is 0 Å². The maximum atomic E-state index is 4.32. The molecule has 1 aliphatic carbocycles. The van der Waals surface area contributed by atoms with Crippen molar-refractivity contribution in [2.24, 2.45) is 0 Å². The normalized spacial score (nSPS) is 11.7. The van der Waals surface area contributed by atoms with Crippen LogP contribution in [0.5, 0.6) is 0 Å². The van der Waals surface area contributed by atoms with E-state index in [1.165, 1.54) is 33.0 Å². The highest BCUT2D eigenvalue weighted by Crippen LogP contribution is 2.38. The molecule has 23 heavy (non-hydrogen) atoms. The monoisotopic (exact) mass is 294 g/mol. The third-order valence-electron chi connectivity index (χ3n) is 4.51. The Bertz CT molecular complexity index is 1070. The lowest BCUT2D eigenvalue weighted by atomic mass is 9.97. The number of hydrogen-bond donors (Lipinski definition) is 0. The Hall–Kier alpha value is -2.86. The largest absolute Gasteiger partial charge is 0.0918 e. The first-order valence-electron chi connectivity index (χ1n) is 7.89. The van der Waals surface area contributed by atoms with Crippen LogP contribution in [0.2, 0.25) is 0 Å². The molecule has 110 valence electrons. The van der Waals surface area contributed by atoms with Gasteiger partial charge >= 0.3 is 0 Å². The van der Waals surface area contributed by atoms with Crippen molar-refractivity contribution < 1.29 is 0 Å². The first-order chi connectivity index (χ1) is 11.2. The Balaban J connectivity index is 2.17. The van der Waals surface area contributed by atoms with Crippen LogP contribution in [0, 0.1) is 0 Å². The van der Waals surface area contributed by atoms with Crippen LogP contribution in [0.25, 0.3) is 35.1 Å². The molecule has 0 heteroatoms. The molecule has 0 heterocycles. The van der Waals surface area contributed by atoms with Gasteiger partial charge in [-0.15, -0.1) is 0 Å². The fourth-order valence-electron chi connectivity index (χ4n) is 3.42. The zero-order valence-corrected chi connectivity index (χ0v) is 13.0. The van der Waals surface area contributed by atoms with Crippen LogP contribution in [0.3, 0.4) is 0 Å². The van der Waals surface area contributed by atoms with E-state index in [4.69, 9.17) is 0 Å². The van der Waals surface area contributed by atoms with Gasteiger partial charge in [0.2, 0.25) is 0 Å². The number of hydrogen-bond acceptors (Lipinski definition) is 0. The first kappa shape index (κ1) is 13.8. The van der Waals surface area contributed by atoms with Crippen LogP contribution in [-0.2, 0) is 6.42 Å². The van der Waals surface area contributed by atoms with Gasteiger partial charge in [-0.25, -0.2) is 0 Å². The number of benzene rings is 2. The van der Waals surface area contributed by atoms with Gasteiger partial charge in [0, 0.05) is 0 Å². The molecule has 0 atom stereocenters. The number of fused-ring (bicyclic) bond motifs is 5. The standard InChI is InChI=1S/C23H18/c1-16-7-3-4-8-17(2)22-19(12-11-16)15-20-14-13-18-9-5-6-10-21(18)23(20)22/h3-14H,1-2,15H2. The van der Waals surface area contributed by atoms with Crippen molar-refractivity contribution in [1.29, 1.82) is 0 Å². The third-order valence-corrected chi connectivity index (χ3v) is 4.51. The summed E-state index contributed by atoms with van der Waals surface area (Å²) in [6.45, 7) is 8.39. The van der Waals surface area contributed by atoms with E-state index in [-0.39, 0.29) is 0 Å². The van der Waals surface area contributed by atoms with E-state index in [0.717, 1.165) is 16.9 Å². The second-order valence-corrected chi connectivity index (χ2v) is 6.05. The smallest absolute Gasteiger partial charge is 0.00130 e. The third kappa shape index (κ3) is 2.33. The lowest BCUT2D eigenvalue weighted by molar-refractivity contribution is 1.27. The molecule has 0 saturated heterocycles. The highest BCUT2D eigenvalue weighted by Gasteiger charge is 2.19. The minimum Gasteiger partial charge on any atom is -0.0918 e. The minimum absolute atomic E-state index is 0.954.